The lowest BCUT2D eigenvalue weighted by molar-refractivity contribution is 1.18. The minimum absolute atomic E-state index is 1.10. The van der Waals surface area contributed by atoms with Crippen LogP contribution in [0.15, 0.2) is 206 Å². The summed E-state index contributed by atoms with van der Waals surface area (Å²) in [7, 11) is 0. The summed E-state index contributed by atoms with van der Waals surface area (Å²) >= 11 is 0. The molecule has 0 fully saturated rings. The highest BCUT2D eigenvalue weighted by Gasteiger charge is 2.20. The normalized spacial score (nSPS) is 11.5. The highest BCUT2D eigenvalue weighted by atomic mass is 15.1. The summed E-state index contributed by atoms with van der Waals surface area (Å²) in [5.74, 6) is 0. The molecule has 10 rings (SSSR count). The molecular weight excluding hydrogens is 629 g/mol. The summed E-state index contributed by atoms with van der Waals surface area (Å²) in [6.07, 6.45) is 0. The van der Waals surface area contributed by atoms with Crippen LogP contribution >= 0.6 is 0 Å². The number of hydrogen-bond acceptors (Lipinski definition) is 1. The van der Waals surface area contributed by atoms with E-state index in [0.717, 1.165) is 22.7 Å². The van der Waals surface area contributed by atoms with Gasteiger partial charge in [-0.15, -0.1) is 0 Å². The van der Waals surface area contributed by atoms with Crippen LogP contribution in [-0.4, -0.2) is 4.57 Å². The van der Waals surface area contributed by atoms with E-state index in [9.17, 15) is 0 Å². The highest BCUT2D eigenvalue weighted by molar-refractivity contribution is 6.25. The topological polar surface area (TPSA) is 8.17 Å². The second kappa shape index (κ2) is 12.5. The van der Waals surface area contributed by atoms with Crippen molar-refractivity contribution < 1.29 is 0 Å². The van der Waals surface area contributed by atoms with Gasteiger partial charge in [0.25, 0.3) is 0 Å². The van der Waals surface area contributed by atoms with Crippen LogP contribution in [0.3, 0.4) is 0 Å². The van der Waals surface area contributed by atoms with Crippen molar-refractivity contribution in [2.75, 3.05) is 4.90 Å². The summed E-state index contributed by atoms with van der Waals surface area (Å²) in [6.45, 7) is 0. The average Bonchev–Trinajstić information content (AvgIpc) is 3.57. The van der Waals surface area contributed by atoms with Gasteiger partial charge in [0.05, 0.1) is 16.7 Å². The highest BCUT2D eigenvalue weighted by Crippen LogP contribution is 2.45. The van der Waals surface area contributed by atoms with Crippen LogP contribution in [-0.2, 0) is 0 Å². The lowest BCUT2D eigenvalue weighted by atomic mass is 9.96. The van der Waals surface area contributed by atoms with Gasteiger partial charge < -0.3 is 9.47 Å². The molecule has 0 aliphatic heterocycles. The standard InChI is InChI=1S/C50H34N2/c1-3-15-35(16-4-1)38-20-11-24-41(33-38)51(46-29-13-19-36-17-7-9-26-43(36)46)42-25-12-21-39(34-42)45-28-14-30-47-50(45)49-44-27-10-8-18-37(44)31-32-48(49)52(47)40-22-5-2-6-23-40/h1-34H. The maximum atomic E-state index is 2.42. The maximum Gasteiger partial charge on any atom is 0.0547 e. The van der Waals surface area contributed by atoms with Crippen LogP contribution in [0.1, 0.15) is 0 Å². The number of para-hydroxylation sites is 1. The number of anilines is 3. The SMILES string of the molecule is c1ccc(-c2cccc(N(c3cccc(-c4cccc5c4c4c6ccccc6ccc4n5-c4ccccc4)c3)c3cccc4ccccc34)c2)cc1. The van der Waals surface area contributed by atoms with E-state index in [1.165, 1.54) is 65.6 Å². The minimum Gasteiger partial charge on any atom is -0.310 e. The van der Waals surface area contributed by atoms with Crippen LogP contribution in [0, 0.1) is 0 Å². The fraction of sp³-hybridized carbons (Fsp3) is 0. The van der Waals surface area contributed by atoms with Gasteiger partial charge in [0, 0.05) is 33.2 Å². The Balaban J connectivity index is 1.23. The third kappa shape index (κ3) is 4.96. The number of rotatable bonds is 6. The largest absolute Gasteiger partial charge is 0.310 e. The number of benzene rings is 9. The van der Waals surface area contributed by atoms with E-state index in [4.69, 9.17) is 0 Å². The van der Waals surface area contributed by atoms with E-state index >= 15 is 0 Å². The Hall–Kier alpha value is -6.90. The van der Waals surface area contributed by atoms with E-state index in [2.05, 4.69) is 216 Å². The molecule has 1 aromatic heterocycles. The Bertz CT molecular complexity index is 2900. The van der Waals surface area contributed by atoms with Crippen molar-refractivity contribution in [1.29, 1.82) is 0 Å². The molecule has 0 saturated carbocycles. The number of aromatic nitrogens is 1. The zero-order valence-electron chi connectivity index (χ0n) is 28.5. The van der Waals surface area contributed by atoms with Crippen molar-refractivity contribution in [3.63, 3.8) is 0 Å². The second-order valence-corrected chi connectivity index (χ2v) is 13.4. The monoisotopic (exact) mass is 662 g/mol. The summed E-state index contributed by atoms with van der Waals surface area (Å²) in [5.41, 5.74) is 11.7. The maximum absolute atomic E-state index is 2.42. The molecule has 0 aliphatic carbocycles. The summed E-state index contributed by atoms with van der Waals surface area (Å²) in [4.78, 5) is 2.42. The predicted molar refractivity (Wildman–Crippen MR) is 221 cm³/mol. The van der Waals surface area contributed by atoms with Crippen LogP contribution in [0.25, 0.3) is 71.3 Å². The van der Waals surface area contributed by atoms with Gasteiger partial charge in [0.15, 0.2) is 0 Å². The van der Waals surface area contributed by atoms with Gasteiger partial charge in [0.1, 0.15) is 0 Å². The van der Waals surface area contributed by atoms with Crippen molar-refractivity contribution in [1.82, 2.24) is 4.57 Å². The summed E-state index contributed by atoms with van der Waals surface area (Å²) in [5, 5.41) is 7.47. The molecule has 0 atom stereocenters. The van der Waals surface area contributed by atoms with Crippen LogP contribution in [0.5, 0.6) is 0 Å². The molecule has 0 amide bonds. The Kier molecular flexibility index (Phi) is 7.18. The van der Waals surface area contributed by atoms with Crippen LogP contribution < -0.4 is 4.90 Å². The van der Waals surface area contributed by atoms with Gasteiger partial charge in [-0.3, -0.25) is 0 Å². The molecule has 1 heterocycles. The van der Waals surface area contributed by atoms with E-state index in [1.54, 1.807) is 0 Å². The molecule has 9 aromatic carbocycles. The average molecular weight is 663 g/mol. The number of hydrogen-bond donors (Lipinski definition) is 0. The van der Waals surface area contributed by atoms with Crippen LogP contribution in [0.4, 0.5) is 17.1 Å². The van der Waals surface area contributed by atoms with Crippen molar-refractivity contribution in [2.45, 2.75) is 0 Å². The quantitative estimate of drug-likeness (QED) is 0.172. The summed E-state index contributed by atoms with van der Waals surface area (Å²) < 4.78 is 2.42. The molecule has 2 nitrogen and oxygen atoms in total. The fourth-order valence-corrected chi connectivity index (χ4v) is 8.02. The smallest absolute Gasteiger partial charge is 0.0547 e. The third-order valence-electron chi connectivity index (χ3n) is 10.3. The van der Waals surface area contributed by atoms with E-state index in [0.29, 0.717) is 0 Å². The molecule has 0 bridgehead atoms. The first-order chi connectivity index (χ1) is 25.8. The first-order valence-electron chi connectivity index (χ1n) is 17.9. The predicted octanol–water partition coefficient (Wildman–Crippen LogP) is 13.9. The molecule has 0 aliphatic rings. The van der Waals surface area contributed by atoms with Crippen molar-refractivity contribution >= 4 is 60.4 Å². The second-order valence-electron chi connectivity index (χ2n) is 13.4. The summed E-state index contributed by atoms with van der Waals surface area (Å²) in [6, 6.07) is 74.7. The molecule has 0 spiro atoms. The van der Waals surface area contributed by atoms with Gasteiger partial charge in [0.2, 0.25) is 0 Å². The molecule has 244 valence electrons. The third-order valence-corrected chi connectivity index (χ3v) is 10.3. The number of fused-ring (bicyclic) bond motifs is 6. The van der Waals surface area contributed by atoms with Gasteiger partial charge in [-0.2, -0.15) is 0 Å². The lowest BCUT2D eigenvalue weighted by Crippen LogP contribution is -2.10. The van der Waals surface area contributed by atoms with Crippen molar-refractivity contribution in [3.05, 3.63) is 206 Å². The van der Waals surface area contributed by atoms with E-state index < -0.39 is 0 Å². The van der Waals surface area contributed by atoms with Gasteiger partial charge >= 0.3 is 0 Å². The van der Waals surface area contributed by atoms with E-state index in [1.807, 2.05) is 0 Å². The number of nitrogens with zero attached hydrogens (tertiary/aromatic N) is 2. The van der Waals surface area contributed by atoms with Gasteiger partial charge in [-0.1, -0.05) is 152 Å². The first-order valence-corrected chi connectivity index (χ1v) is 17.9. The zero-order valence-corrected chi connectivity index (χ0v) is 28.5. The lowest BCUT2D eigenvalue weighted by Gasteiger charge is -2.28. The minimum atomic E-state index is 1.10. The molecular formula is C50H34N2. The molecule has 0 radical (unpaired) electrons. The molecule has 0 unspecified atom stereocenters. The molecule has 52 heavy (non-hydrogen) atoms. The van der Waals surface area contributed by atoms with Gasteiger partial charge in [-0.25, -0.2) is 0 Å². The molecule has 10 aromatic rings. The van der Waals surface area contributed by atoms with Crippen molar-refractivity contribution in [2.24, 2.45) is 0 Å². The molecule has 0 N–H and O–H groups in total. The Labute approximate surface area is 303 Å². The van der Waals surface area contributed by atoms with E-state index in [-0.39, 0.29) is 0 Å². The van der Waals surface area contributed by atoms with Gasteiger partial charge in [-0.05, 0) is 93.0 Å². The van der Waals surface area contributed by atoms with Crippen molar-refractivity contribution in [3.8, 4) is 27.9 Å². The first kappa shape index (κ1) is 30.0. The molecule has 2 heteroatoms. The molecule has 0 saturated heterocycles. The Morgan fingerprint density at radius 1 is 0.346 bits per heavy atom. The Morgan fingerprint density at radius 3 is 1.69 bits per heavy atom. The Morgan fingerprint density at radius 2 is 0.904 bits per heavy atom. The fourth-order valence-electron chi connectivity index (χ4n) is 8.02. The van der Waals surface area contributed by atoms with Crippen LogP contribution in [0.2, 0.25) is 0 Å². The zero-order chi connectivity index (χ0) is 34.4.